The molecule has 9 aromatic rings. The maximum atomic E-state index is 7.23. The maximum Gasteiger partial charge on any atom is 0.0774 e. The zero-order chi connectivity index (χ0) is 36.9. The van der Waals surface area contributed by atoms with Crippen LogP contribution in [-0.2, 0) is 32.9 Å². The van der Waals surface area contributed by atoms with Gasteiger partial charge in [-0.3, -0.25) is 16.3 Å². The first-order valence-corrected chi connectivity index (χ1v) is 17.8. The van der Waals surface area contributed by atoms with Gasteiger partial charge < -0.3 is 9.55 Å². The summed E-state index contributed by atoms with van der Waals surface area (Å²) in [5.41, 5.74) is 11.2. The molecule has 3 nitrogen and oxygen atoms in total. The van der Waals surface area contributed by atoms with E-state index in [1.54, 1.807) is 29.5 Å². The topological polar surface area (TPSA) is 30.7 Å². The average molecular weight is 869 g/mol. The molecule has 0 amide bonds. The van der Waals surface area contributed by atoms with E-state index in [4.69, 9.17) is 9.10 Å². The molecule has 0 aliphatic rings. The van der Waals surface area contributed by atoms with E-state index in [0.717, 1.165) is 52.2 Å². The van der Waals surface area contributed by atoms with Crippen molar-refractivity contribution in [1.29, 1.82) is 0 Å². The monoisotopic (exact) mass is 869 g/mol. The first kappa shape index (κ1) is 31.3. The summed E-state index contributed by atoms with van der Waals surface area (Å²) < 4.78 is 25.2. The summed E-state index contributed by atoms with van der Waals surface area (Å²) in [6.45, 7) is -2.09. The van der Waals surface area contributed by atoms with Gasteiger partial charge in [-0.15, -0.1) is 47.3 Å². The van der Waals surface area contributed by atoms with Crippen LogP contribution in [0.5, 0.6) is 0 Å². The van der Waals surface area contributed by atoms with Gasteiger partial charge in [0.1, 0.15) is 0 Å². The Labute approximate surface area is 326 Å². The average Bonchev–Trinajstić information content (AvgIpc) is 3.82. The van der Waals surface area contributed by atoms with E-state index < -0.39 is 6.85 Å². The first-order valence-electron chi connectivity index (χ1n) is 18.5. The van der Waals surface area contributed by atoms with Crippen LogP contribution in [-0.4, -0.2) is 14.5 Å². The second-order valence-electron chi connectivity index (χ2n) is 12.3. The van der Waals surface area contributed by atoms with Crippen LogP contribution in [0.1, 0.15) is 20.8 Å². The predicted molar refractivity (Wildman–Crippen MR) is 213 cm³/mol. The van der Waals surface area contributed by atoms with Gasteiger partial charge in [-0.1, -0.05) is 130 Å². The summed E-state index contributed by atoms with van der Waals surface area (Å²) >= 11 is 1.67. The molecule has 3 aromatic heterocycles. The number of pyridine rings is 1. The number of imidazole rings is 1. The number of thiophene rings is 1. The molecule has 0 saturated heterocycles. The molecular formula is C47H35IrN3S-2. The van der Waals surface area contributed by atoms with E-state index in [9.17, 15) is 0 Å². The number of rotatable bonds is 7. The Morgan fingerprint density at radius 3 is 2.17 bits per heavy atom. The van der Waals surface area contributed by atoms with Crippen molar-refractivity contribution < 1.29 is 24.2 Å². The van der Waals surface area contributed by atoms with E-state index in [0.29, 0.717) is 0 Å². The summed E-state index contributed by atoms with van der Waals surface area (Å²) in [5, 5.41) is 4.82. The van der Waals surface area contributed by atoms with Crippen molar-refractivity contribution >= 4 is 32.5 Å². The molecular weight excluding hydrogens is 831 g/mol. The standard InChI is InChI=1S/C35H25N2S.C12H10N.Ir/c1-3-9-25(10-4-1)15-16-26-17-22-34-30(23-26)31(24-38-34)35-36-32-13-7-8-14-33(32)37(35)29-20-18-28(19-21-29)27-11-5-2-6-12-27;1-10-7-8-12(13-9-10)11-5-3-2-4-6-11;/h1-14,17-23H,15-16H2;2-5,7-9H,1H3;/q2*-1;/i;1D3;. The predicted octanol–water partition coefficient (Wildman–Crippen LogP) is 12.0. The van der Waals surface area contributed by atoms with Gasteiger partial charge in [0.25, 0.3) is 0 Å². The SMILES string of the molecule is [2H]C([2H])([2H])c1ccc(-c2[c-]cccc2)nc1.[Ir].[c-]1sc2ccc(CCc3ccccc3)cc2c1-c1nc2ccccc2n1-c1ccc(-c2ccccc2)cc1. The fourth-order valence-electron chi connectivity index (χ4n) is 6.27. The summed E-state index contributed by atoms with van der Waals surface area (Å²) in [7, 11) is 0. The van der Waals surface area contributed by atoms with Gasteiger partial charge in [0.15, 0.2) is 0 Å². The molecule has 0 atom stereocenters. The Morgan fingerprint density at radius 1 is 0.692 bits per heavy atom. The van der Waals surface area contributed by atoms with Gasteiger partial charge in [-0.2, -0.15) is 0 Å². The third-order valence-electron chi connectivity index (χ3n) is 8.89. The summed E-state index contributed by atoms with van der Waals surface area (Å²) in [5.74, 6) is 0.935. The number of hydrogen-bond donors (Lipinski definition) is 0. The molecule has 52 heavy (non-hydrogen) atoms. The third-order valence-corrected chi connectivity index (χ3v) is 9.77. The minimum Gasteiger partial charge on any atom is -0.333 e. The molecule has 6 aromatic carbocycles. The van der Waals surface area contributed by atoms with Gasteiger partial charge in [-0.05, 0) is 71.9 Å². The van der Waals surface area contributed by atoms with Gasteiger partial charge in [0.05, 0.1) is 16.9 Å². The summed E-state index contributed by atoms with van der Waals surface area (Å²) in [6.07, 6.45) is 3.43. The summed E-state index contributed by atoms with van der Waals surface area (Å²) in [6, 6.07) is 59.0. The minimum absolute atomic E-state index is 0. The van der Waals surface area contributed by atoms with Crippen LogP contribution in [0, 0.1) is 18.3 Å². The molecule has 5 heteroatoms. The molecule has 0 aliphatic carbocycles. The Balaban J connectivity index is 0.000000231. The molecule has 0 aliphatic heterocycles. The van der Waals surface area contributed by atoms with Crippen molar-refractivity contribution in [2.75, 3.05) is 0 Å². The number of hydrogen-bond acceptors (Lipinski definition) is 3. The van der Waals surface area contributed by atoms with Crippen LogP contribution in [0.15, 0.2) is 170 Å². The second-order valence-corrected chi connectivity index (χ2v) is 13.1. The fraction of sp³-hybridized carbons (Fsp3) is 0.0638. The molecule has 1 radical (unpaired) electrons. The van der Waals surface area contributed by atoms with Crippen molar-refractivity contribution in [2.45, 2.75) is 19.7 Å². The van der Waals surface area contributed by atoms with E-state index >= 15 is 0 Å². The minimum atomic E-state index is -2.09. The molecule has 0 saturated carbocycles. The van der Waals surface area contributed by atoms with E-state index in [1.165, 1.54) is 38.5 Å². The molecule has 255 valence electrons. The molecule has 9 rings (SSSR count). The Hall–Kier alpha value is -5.45. The van der Waals surface area contributed by atoms with Crippen molar-refractivity contribution in [1.82, 2.24) is 14.5 Å². The van der Waals surface area contributed by atoms with Gasteiger partial charge in [0, 0.05) is 36.1 Å². The van der Waals surface area contributed by atoms with Crippen molar-refractivity contribution in [3.63, 3.8) is 0 Å². The molecule has 0 spiro atoms. The second kappa shape index (κ2) is 16.3. The van der Waals surface area contributed by atoms with Crippen LogP contribution in [0.3, 0.4) is 0 Å². The summed E-state index contributed by atoms with van der Waals surface area (Å²) in [4.78, 5) is 9.25. The van der Waals surface area contributed by atoms with Gasteiger partial charge in [-0.25, -0.2) is 0 Å². The molecule has 0 unspecified atom stereocenters. The quantitative estimate of drug-likeness (QED) is 0.149. The molecule has 0 N–H and O–H groups in total. The van der Waals surface area contributed by atoms with Crippen LogP contribution < -0.4 is 0 Å². The molecule has 0 fully saturated rings. The van der Waals surface area contributed by atoms with Crippen molar-refractivity contribution in [3.05, 3.63) is 198 Å². The van der Waals surface area contributed by atoms with E-state index in [1.807, 2.05) is 18.2 Å². The first-order chi connectivity index (χ1) is 26.4. The number of aromatic nitrogens is 3. The number of para-hydroxylation sites is 2. The van der Waals surface area contributed by atoms with Gasteiger partial charge in [0.2, 0.25) is 0 Å². The zero-order valence-corrected chi connectivity index (χ0v) is 31.4. The van der Waals surface area contributed by atoms with Crippen LogP contribution >= 0.6 is 11.3 Å². The van der Waals surface area contributed by atoms with Gasteiger partial charge >= 0.3 is 0 Å². The number of fused-ring (bicyclic) bond motifs is 2. The van der Waals surface area contributed by atoms with E-state index in [-0.39, 0.29) is 25.7 Å². The fourth-order valence-corrected chi connectivity index (χ4v) is 7.09. The Kier molecular flexibility index (Phi) is 9.79. The smallest absolute Gasteiger partial charge is 0.0774 e. The van der Waals surface area contributed by atoms with Crippen molar-refractivity contribution in [2.24, 2.45) is 0 Å². The van der Waals surface area contributed by atoms with E-state index in [2.05, 4.69) is 148 Å². The van der Waals surface area contributed by atoms with Crippen LogP contribution in [0.4, 0.5) is 0 Å². The van der Waals surface area contributed by atoms with Crippen LogP contribution in [0.25, 0.3) is 60.6 Å². The normalized spacial score (nSPS) is 11.9. The Morgan fingerprint density at radius 2 is 1.42 bits per heavy atom. The number of nitrogens with zero attached hydrogens (tertiary/aromatic N) is 3. The molecule has 0 bridgehead atoms. The maximum absolute atomic E-state index is 7.23. The third kappa shape index (κ3) is 7.73. The molecule has 3 heterocycles. The number of aryl methyl sites for hydroxylation is 3. The zero-order valence-electron chi connectivity index (χ0n) is 31.2. The number of benzene rings is 6. The van der Waals surface area contributed by atoms with Crippen LogP contribution in [0.2, 0.25) is 0 Å². The van der Waals surface area contributed by atoms with Crippen molar-refractivity contribution in [3.8, 4) is 39.5 Å². The Bertz CT molecular complexity index is 2620. The largest absolute Gasteiger partial charge is 0.333 e.